The molecule has 2 N–H and O–H groups in total. The van der Waals surface area contributed by atoms with Crippen molar-refractivity contribution in [3.05, 3.63) is 34.9 Å². The summed E-state index contributed by atoms with van der Waals surface area (Å²) in [5.41, 5.74) is 0.758. The molecule has 1 fully saturated rings. The largest absolute Gasteiger partial charge is 0.379 e. The van der Waals surface area contributed by atoms with E-state index in [0.717, 1.165) is 12.0 Å². The van der Waals surface area contributed by atoms with Crippen LogP contribution in [0.1, 0.15) is 18.9 Å². The van der Waals surface area contributed by atoms with Gasteiger partial charge < -0.3 is 20.1 Å². The Morgan fingerprint density at radius 1 is 1.52 bits per heavy atom. The number of ether oxygens (including phenoxy) is 2. The molecule has 2 rings (SSSR count). The highest BCUT2D eigenvalue weighted by Crippen LogP contribution is 2.16. The molecule has 116 valence electrons. The monoisotopic (exact) mass is 312 g/mol. The van der Waals surface area contributed by atoms with Crippen LogP contribution in [0.3, 0.4) is 0 Å². The van der Waals surface area contributed by atoms with E-state index in [4.69, 9.17) is 21.1 Å². The van der Waals surface area contributed by atoms with Gasteiger partial charge >= 0.3 is 6.03 Å². The lowest BCUT2D eigenvalue weighted by molar-refractivity contribution is 0.122. The first-order valence-electron chi connectivity index (χ1n) is 7.03. The molecule has 1 aromatic rings. The van der Waals surface area contributed by atoms with Crippen LogP contribution in [0.15, 0.2) is 24.3 Å². The predicted molar refractivity (Wildman–Crippen MR) is 81.5 cm³/mol. The molecule has 0 spiro atoms. The van der Waals surface area contributed by atoms with Crippen LogP contribution in [0.2, 0.25) is 5.02 Å². The molecular formula is C15H21ClN2O3. The highest BCUT2D eigenvalue weighted by atomic mass is 35.5. The smallest absolute Gasteiger partial charge is 0.315 e. The van der Waals surface area contributed by atoms with E-state index in [9.17, 15) is 4.79 Å². The summed E-state index contributed by atoms with van der Waals surface area (Å²) in [6.07, 6.45) is 0.839. The predicted octanol–water partition coefficient (Wildman–Crippen LogP) is 2.33. The number of hydrogen-bond acceptors (Lipinski definition) is 3. The highest BCUT2D eigenvalue weighted by Gasteiger charge is 2.30. The van der Waals surface area contributed by atoms with Gasteiger partial charge in [-0.2, -0.15) is 0 Å². The number of halogens is 1. The SMILES string of the molecule is C[C@@]1(NC(=O)NCCOCc2cccc(Cl)c2)CCOC1. The Labute approximate surface area is 130 Å². The van der Waals surface area contributed by atoms with Crippen molar-refractivity contribution in [3.63, 3.8) is 0 Å². The molecule has 1 aliphatic heterocycles. The fourth-order valence-electron chi connectivity index (χ4n) is 2.14. The summed E-state index contributed by atoms with van der Waals surface area (Å²) in [6, 6.07) is 7.34. The van der Waals surface area contributed by atoms with E-state index >= 15 is 0 Å². The number of nitrogens with one attached hydrogen (secondary N) is 2. The van der Waals surface area contributed by atoms with Crippen LogP contribution in [0, 0.1) is 0 Å². The zero-order chi connectivity index (χ0) is 15.1. The number of hydrogen-bond donors (Lipinski definition) is 2. The summed E-state index contributed by atoms with van der Waals surface area (Å²) in [5.74, 6) is 0. The van der Waals surface area contributed by atoms with E-state index in [1.807, 2.05) is 31.2 Å². The fourth-order valence-corrected chi connectivity index (χ4v) is 2.35. The second-order valence-corrected chi connectivity index (χ2v) is 5.86. The first-order chi connectivity index (χ1) is 10.1. The molecule has 21 heavy (non-hydrogen) atoms. The lowest BCUT2D eigenvalue weighted by Crippen LogP contribution is -2.51. The molecule has 1 aliphatic rings. The molecule has 5 nitrogen and oxygen atoms in total. The molecule has 1 atom stereocenters. The zero-order valence-electron chi connectivity index (χ0n) is 12.2. The van der Waals surface area contributed by atoms with Crippen molar-refractivity contribution >= 4 is 17.6 Å². The maximum Gasteiger partial charge on any atom is 0.315 e. The van der Waals surface area contributed by atoms with Crippen molar-refractivity contribution in [1.29, 1.82) is 0 Å². The molecule has 0 aliphatic carbocycles. The Morgan fingerprint density at radius 2 is 2.38 bits per heavy atom. The molecule has 0 saturated carbocycles. The van der Waals surface area contributed by atoms with Crippen LogP contribution in [0.4, 0.5) is 4.79 Å². The van der Waals surface area contributed by atoms with Gasteiger partial charge in [-0.15, -0.1) is 0 Å². The van der Waals surface area contributed by atoms with Crippen LogP contribution in [-0.2, 0) is 16.1 Å². The van der Waals surface area contributed by atoms with Gasteiger partial charge in [-0.3, -0.25) is 0 Å². The maximum absolute atomic E-state index is 11.7. The lowest BCUT2D eigenvalue weighted by atomic mass is 10.0. The molecule has 0 aromatic heterocycles. The van der Waals surface area contributed by atoms with E-state index in [1.165, 1.54) is 0 Å². The van der Waals surface area contributed by atoms with Crippen molar-refractivity contribution in [2.75, 3.05) is 26.4 Å². The van der Waals surface area contributed by atoms with Crippen molar-refractivity contribution in [3.8, 4) is 0 Å². The van der Waals surface area contributed by atoms with Gasteiger partial charge in [-0.25, -0.2) is 4.79 Å². The van der Waals surface area contributed by atoms with E-state index in [2.05, 4.69) is 10.6 Å². The summed E-state index contributed by atoms with van der Waals surface area (Å²) in [5, 5.41) is 6.39. The lowest BCUT2D eigenvalue weighted by Gasteiger charge is -2.23. The van der Waals surface area contributed by atoms with Crippen molar-refractivity contribution < 1.29 is 14.3 Å². The van der Waals surface area contributed by atoms with Crippen LogP contribution in [0.5, 0.6) is 0 Å². The molecule has 1 saturated heterocycles. The molecule has 1 heterocycles. The number of rotatable bonds is 6. The quantitative estimate of drug-likeness (QED) is 0.793. The summed E-state index contributed by atoms with van der Waals surface area (Å²) in [4.78, 5) is 11.7. The Balaban J connectivity index is 1.58. The summed E-state index contributed by atoms with van der Waals surface area (Å²) in [7, 11) is 0. The first-order valence-corrected chi connectivity index (χ1v) is 7.41. The van der Waals surface area contributed by atoms with Gasteiger partial charge in [0.15, 0.2) is 0 Å². The minimum atomic E-state index is -0.258. The van der Waals surface area contributed by atoms with Gasteiger partial charge in [0.05, 0.1) is 25.4 Å². The molecule has 1 aromatic carbocycles. The Kier molecular flexibility index (Phi) is 5.85. The van der Waals surface area contributed by atoms with E-state index in [0.29, 0.717) is 38.0 Å². The minimum Gasteiger partial charge on any atom is -0.379 e. The number of carbonyl (C=O) groups excluding carboxylic acids is 1. The van der Waals surface area contributed by atoms with Gasteiger partial charge in [0.25, 0.3) is 0 Å². The van der Waals surface area contributed by atoms with Gasteiger partial charge in [-0.1, -0.05) is 23.7 Å². The average molecular weight is 313 g/mol. The Bertz CT molecular complexity index is 476. The van der Waals surface area contributed by atoms with Gasteiger partial charge in [0, 0.05) is 18.2 Å². The van der Waals surface area contributed by atoms with E-state index in [-0.39, 0.29) is 11.6 Å². The van der Waals surface area contributed by atoms with Crippen LogP contribution >= 0.6 is 11.6 Å². The first kappa shape index (κ1) is 16.1. The molecule has 0 radical (unpaired) electrons. The molecule has 0 unspecified atom stereocenters. The molecule has 2 amide bonds. The Morgan fingerprint density at radius 3 is 3.10 bits per heavy atom. The summed E-state index contributed by atoms with van der Waals surface area (Å²) >= 11 is 5.89. The zero-order valence-corrected chi connectivity index (χ0v) is 12.9. The van der Waals surface area contributed by atoms with E-state index in [1.54, 1.807) is 0 Å². The number of urea groups is 1. The van der Waals surface area contributed by atoms with Crippen molar-refractivity contribution in [2.24, 2.45) is 0 Å². The fraction of sp³-hybridized carbons (Fsp3) is 0.533. The third-order valence-electron chi connectivity index (χ3n) is 3.32. The number of carbonyl (C=O) groups is 1. The van der Waals surface area contributed by atoms with E-state index < -0.39 is 0 Å². The van der Waals surface area contributed by atoms with Crippen LogP contribution < -0.4 is 10.6 Å². The third-order valence-corrected chi connectivity index (χ3v) is 3.56. The van der Waals surface area contributed by atoms with Crippen molar-refractivity contribution in [1.82, 2.24) is 10.6 Å². The van der Waals surface area contributed by atoms with Gasteiger partial charge in [-0.05, 0) is 31.0 Å². The molecular weight excluding hydrogens is 292 g/mol. The normalized spacial score (nSPS) is 21.2. The standard InChI is InChI=1S/C15H21ClN2O3/c1-15(5-7-21-11-15)18-14(19)17-6-8-20-10-12-3-2-4-13(16)9-12/h2-4,9H,5-8,10-11H2,1H3,(H2,17,18,19)/t15-/m1/s1. The number of amides is 2. The molecule has 6 heteroatoms. The summed E-state index contributed by atoms with van der Waals surface area (Å²) < 4.78 is 10.8. The second kappa shape index (κ2) is 7.64. The average Bonchev–Trinajstić information content (AvgIpc) is 2.85. The molecule has 0 bridgehead atoms. The van der Waals surface area contributed by atoms with Gasteiger partial charge in [0.1, 0.15) is 0 Å². The topological polar surface area (TPSA) is 59.6 Å². The highest BCUT2D eigenvalue weighted by molar-refractivity contribution is 6.30. The second-order valence-electron chi connectivity index (χ2n) is 5.43. The van der Waals surface area contributed by atoms with Crippen LogP contribution in [0.25, 0.3) is 0 Å². The Hall–Kier alpha value is -1.30. The minimum absolute atomic E-state index is 0.186. The maximum atomic E-state index is 11.7. The number of benzene rings is 1. The third kappa shape index (κ3) is 5.53. The van der Waals surface area contributed by atoms with Gasteiger partial charge in [0.2, 0.25) is 0 Å². The van der Waals surface area contributed by atoms with Crippen molar-refractivity contribution in [2.45, 2.75) is 25.5 Å². The summed E-state index contributed by atoms with van der Waals surface area (Å²) in [6.45, 7) is 4.63. The van der Waals surface area contributed by atoms with Crippen LogP contribution in [-0.4, -0.2) is 37.9 Å².